The minimum Gasteiger partial charge on any atom is -0.486 e. The van der Waals surface area contributed by atoms with Crippen molar-refractivity contribution in [1.29, 1.82) is 0 Å². The van der Waals surface area contributed by atoms with Crippen LogP contribution in [0.3, 0.4) is 0 Å². The second-order valence-corrected chi connectivity index (χ2v) is 7.56. The molecule has 34 heavy (non-hydrogen) atoms. The number of furan rings is 1. The van der Waals surface area contributed by atoms with Gasteiger partial charge in [0, 0.05) is 16.8 Å². The Hall–Kier alpha value is -4.11. The number of nitrogens with zero attached hydrogens (tertiary/aromatic N) is 2. The van der Waals surface area contributed by atoms with E-state index in [-0.39, 0.29) is 18.9 Å². The quantitative estimate of drug-likeness (QED) is 0.357. The van der Waals surface area contributed by atoms with Gasteiger partial charge in [-0.1, -0.05) is 17.7 Å². The molecule has 2 aromatic carbocycles. The van der Waals surface area contributed by atoms with Gasteiger partial charge in [0.25, 0.3) is 5.91 Å². The highest BCUT2D eigenvalue weighted by Crippen LogP contribution is 2.21. The number of hydrogen-bond acceptors (Lipinski definition) is 6. The highest BCUT2D eigenvalue weighted by atomic mass is 35.5. The second kappa shape index (κ2) is 10.2. The molecule has 4 rings (SSSR count). The zero-order chi connectivity index (χ0) is 24.1. The van der Waals surface area contributed by atoms with E-state index in [1.165, 1.54) is 36.2 Å². The van der Waals surface area contributed by atoms with E-state index >= 15 is 0 Å². The number of nitrogens with one attached hydrogen (secondary N) is 1. The number of rotatable bonds is 8. The van der Waals surface area contributed by atoms with Crippen LogP contribution >= 0.6 is 11.6 Å². The standard InChI is InChI=1S/C24H19ClFN3O5/c1-32-24(31)15-5-7-17(8-6-15)33-14-18-9-10-22(34-18)23(30)28-16-11-27-29(12-16)13-19-20(25)3-2-4-21(19)26/h2-12H,13-14H2,1H3,(H,28,30). The molecular formula is C24H19ClFN3O5. The largest absolute Gasteiger partial charge is 0.486 e. The van der Waals surface area contributed by atoms with Gasteiger partial charge in [0.2, 0.25) is 0 Å². The van der Waals surface area contributed by atoms with Crippen molar-refractivity contribution in [2.24, 2.45) is 0 Å². The molecule has 0 aliphatic rings. The van der Waals surface area contributed by atoms with Crippen LogP contribution in [0.25, 0.3) is 0 Å². The summed E-state index contributed by atoms with van der Waals surface area (Å²) in [6.07, 6.45) is 3.00. The summed E-state index contributed by atoms with van der Waals surface area (Å²) in [6, 6.07) is 14.0. The molecule has 2 aromatic heterocycles. The number of ether oxygens (including phenoxy) is 2. The summed E-state index contributed by atoms with van der Waals surface area (Å²) in [7, 11) is 1.31. The molecule has 10 heteroatoms. The topological polar surface area (TPSA) is 95.6 Å². The summed E-state index contributed by atoms with van der Waals surface area (Å²) in [5.74, 6) is -0.292. The Morgan fingerprint density at radius 2 is 1.94 bits per heavy atom. The molecule has 1 N–H and O–H groups in total. The lowest BCUT2D eigenvalue weighted by molar-refractivity contribution is 0.0600. The van der Waals surface area contributed by atoms with Crippen LogP contribution in [-0.4, -0.2) is 28.8 Å². The fourth-order valence-electron chi connectivity index (χ4n) is 3.09. The molecule has 4 aromatic rings. The zero-order valence-electron chi connectivity index (χ0n) is 18.0. The van der Waals surface area contributed by atoms with Gasteiger partial charge in [-0.15, -0.1) is 0 Å². The number of hydrogen-bond donors (Lipinski definition) is 1. The van der Waals surface area contributed by atoms with Crippen molar-refractivity contribution in [3.05, 3.63) is 100 Å². The highest BCUT2D eigenvalue weighted by molar-refractivity contribution is 6.31. The number of anilines is 1. The molecule has 1 amide bonds. The van der Waals surface area contributed by atoms with E-state index in [0.717, 1.165) is 0 Å². The van der Waals surface area contributed by atoms with Gasteiger partial charge in [0.1, 0.15) is 23.9 Å². The molecule has 0 unspecified atom stereocenters. The Labute approximate surface area is 198 Å². The molecule has 0 aliphatic heterocycles. The van der Waals surface area contributed by atoms with Gasteiger partial charge < -0.3 is 19.2 Å². The lowest BCUT2D eigenvalue weighted by atomic mass is 10.2. The minimum absolute atomic E-state index is 0.0875. The van der Waals surface area contributed by atoms with E-state index in [9.17, 15) is 14.0 Å². The van der Waals surface area contributed by atoms with Crippen LogP contribution in [0.1, 0.15) is 32.2 Å². The zero-order valence-corrected chi connectivity index (χ0v) is 18.7. The summed E-state index contributed by atoms with van der Waals surface area (Å²) >= 11 is 6.05. The maximum absolute atomic E-state index is 14.0. The lowest BCUT2D eigenvalue weighted by Crippen LogP contribution is -2.10. The van der Waals surface area contributed by atoms with Crippen LogP contribution in [0.15, 0.2) is 71.4 Å². The molecule has 2 heterocycles. The first kappa shape index (κ1) is 23.1. The van der Waals surface area contributed by atoms with Gasteiger partial charge in [0.15, 0.2) is 5.76 Å². The molecule has 0 spiro atoms. The van der Waals surface area contributed by atoms with E-state index in [1.54, 1.807) is 42.6 Å². The summed E-state index contributed by atoms with van der Waals surface area (Å²) in [4.78, 5) is 24.0. The summed E-state index contributed by atoms with van der Waals surface area (Å²) in [5, 5.41) is 7.10. The van der Waals surface area contributed by atoms with Gasteiger partial charge in [0.05, 0.1) is 31.1 Å². The van der Waals surface area contributed by atoms with Crippen molar-refractivity contribution in [3.8, 4) is 5.75 Å². The van der Waals surface area contributed by atoms with E-state index in [1.807, 2.05) is 0 Å². The molecule has 0 fully saturated rings. The van der Waals surface area contributed by atoms with Crippen molar-refractivity contribution >= 4 is 29.2 Å². The fraction of sp³-hybridized carbons (Fsp3) is 0.125. The van der Waals surface area contributed by atoms with Crippen LogP contribution in [0.2, 0.25) is 5.02 Å². The van der Waals surface area contributed by atoms with E-state index in [2.05, 4.69) is 15.2 Å². The van der Waals surface area contributed by atoms with Crippen molar-refractivity contribution in [2.75, 3.05) is 12.4 Å². The van der Waals surface area contributed by atoms with Gasteiger partial charge in [-0.25, -0.2) is 9.18 Å². The van der Waals surface area contributed by atoms with Crippen molar-refractivity contribution in [3.63, 3.8) is 0 Å². The summed E-state index contributed by atoms with van der Waals surface area (Å²) in [5.41, 5.74) is 1.13. The Morgan fingerprint density at radius 1 is 1.15 bits per heavy atom. The van der Waals surface area contributed by atoms with Crippen LogP contribution in [0, 0.1) is 5.82 Å². The first-order chi connectivity index (χ1) is 16.4. The van der Waals surface area contributed by atoms with Crippen molar-refractivity contribution in [2.45, 2.75) is 13.2 Å². The smallest absolute Gasteiger partial charge is 0.337 e. The number of esters is 1. The number of carbonyl (C=O) groups is 2. The number of amides is 1. The second-order valence-electron chi connectivity index (χ2n) is 7.15. The Morgan fingerprint density at radius 3 is 2.68 bits per heavy atom. The average molecular weight is 484 g/mol. The molecule has 0 atom stereocenters. The fourth-order valence-corrected chi connectivity index (χ4v) is 3.31. The van der Waals surface area contributed by atoms with E-state index in [0.29, 0.717) is 33.3 Å². The van der Waals surface area contributed by atoms with Gasteiger partial charge >= 0.3 is 5.97 Å². The van der Waals surface area contributed by atoms with Crippen molar-refractivity contribution < 1.29 is 27.9 Å². The van der Waals surface area contributed by atoms with Crippen LogP contribution in [0.4, 0.5) is 10.1 Å². The third kappa shape index (κ3) is 5.44. The molecule has 0 aliphatic carbocycles. The Balaban J connectivity index is 1.33. The number of methoxy groups -OCH3 is 1. The predicted octanol–water partition coefficient (Wildman–Crippen LogP) is 4.93. The van der Waals surface area contributed by atoms with Gasteiger partial charge in [-0.05, 0) is 48.5 Å². The van der Waals surface area contributed by atoms with E-state index in [4.69, 9.17) is 20.8 Å². The average Bonchev–Trinajstić information content (AvgIpc) is 3.49. The molecular weight excluding hydrogens is 465 g/mol. The molecule has 0 saturated heterocycles. The number of aromatic nitrogens is 2. The first-order valence-corrected chi connectivity index (χ1v) is 10.5. The molecule has 174 valence electrons. The van der Waals surface area contributed by atoms with Gasteiger partial charge in [-0.2, -0.15) is 5.10 Å². The normalized spacial score (nSPS) is 10.7. The van der Waals surface area contributed by atoms with Crippen LogP contribution < -0.4 is 10.1 Å². The monoisotopic (exact) mass is 483 g/mol. The highest BCUT2D eigenvalue weighted by Gasteiger charge is 2.14. The Bertz CT molecular complexity index is 1300. The number of benzene rings is 2. The molecule has 8 nitrogen and oxygen atoms in total. The summed E-state index contributed by atoms with van der Waals surface area (Å²) in [6.45, 7) is 0.205. The number of halogens is 2. The Kier molecular flexibility index (Phi) is 6.93. The maximum atomic E-state index is 14.0. The third-order valence-electron chi connectivity index (χ3n) is 4.81. The number of carbonyl (C=O) groups excluding carboxylic acids is 2. The van der Waals surface area contributed by atoms with Crippen molar-refractivity contribution in [1.82, 2.24) is 9.78 Å². The molecule has 0 radical (unpaired) electrons. The van der Waals surface area contributed by atoms with Gasteiger partial charge in [-0.3, -0.25) is 9.48 Å². The summed E-state index contributed by atoms with van der Waals surface area (Å²) < 4.78 is 31.3. The van der Waals surface area contributed by atoms with Crippen LogP contribution in [0.5, 0.6) is 5.75 Å². The third-order valence-corrected chi connectivity index (χ3v) is 5.17. The van der Waals surface area contributed by atoms with Crippen LogP contribution in [-0.2, 0) is 17.9 Å². The lowest BCUT2D eigenvalue weighted by Gasteiger charge is -2.06. The SMILES string of the molecule is COC(=O)c1ccc(OCc2ccc(C(=O)Nc3cnn(Cc4c(F)cccc4Cl)c3)o2)cc1. The minimum atomic E-state index is -0.475. The molecule has 0 saturated carbocycles. The molecule has 0 bridgehead atoms. The first-order valence-electron chi connectivity index (χ1n) is 10.1. The predicted molar refractivity (Wildman–Crippen MR) is 122 cm³/mol. The van der Waals surface area contributed by atoms with E-state index < -0.39 is 17.7 Å². The maximum Gasteiger partial charge on any atom is 0.337 e.